The first-order valence-corrected chi connectivity index (χ1v) is 7.02. The zero-order chi connectivity index (χ0) is 14.7. The molecule has 0 radical (unpaired) electrons. The molecule has 2 aromatic rings. The number of rotatable bonds is 5. The third kappa shape index (κ3) is 3.02. The third-order valence-corrected chi connectivity index (χ3v) is 3.72. The second-order valence-electron chi connectivity index (χ2n) is 5.35. The molecule has 0 aliphatic rings. The zero-order valence-corrected chi connectivity index (χ0v) is 12.7. The molecule has 0 bridgehead atoms. The van der Waals surface area contributed by atoms with Crippen LogP contribution in [0, 0.1) is 20.8 Å². The summed E-state index contributed by atoms with van der Waals surface area (Å²) < 4.78 is 0. The topological polar surface area (TPSA) is 56.9 Å². The van der Waals surface area contributed by atoms with Gasteiger partial charge in [-0.05, 0) is 45.0 Å². The Morgan fingerprint density at radius 1 is 1.25 bits per heavy atom. The number of aromatic amines is 1. The van der Waals surface area contributed by atoms with Gasteiger partial charge < -0.3 is 15.6 Å². The van der Waals surface area contributed by atoms with E-state index in [1.165, 1.54) is 22.2 Å². The van der Waals surface area contributed by atoms with Crippen molar-refractivity contribution in [2.24, 2.45) is 0 Å². The number of H-pyrrole nitrogens is 1. The second kappa shape index (κ2) is 6.09. The highest BCUT2D eigenvalue weighted by Gasteiger charge is 2.10. The number of nitrogens with one attached hydrogen (secondary N) is 3. The van der Waals surface area contributed by atoms with Crippen LogP contribution in [0.3, 0.4) is 0 Å². The number of aryl methyl sites for hydroxylation is 3. The van der Waals surface area contributed by atoms with Crippen LogP contribution in [0.5, 0.6) is 0 Å². The summed E-state index contributed by atoms with van der Waals surface area (Å²) in [6.45, 7) is 7.58. The molecular formula is C16H23N3O. The molecule has 0 unspecified atom stereocenters. The van der Waals surface area contributed by atoms with Gasteiger partial charge in [0.2, 0.25) is 5.91 Å². The van der Waals surface area contributed by atoms with Gasteiger partial charge in [-0.1, -0.05) is 11.6 Å². The number of fused-ring (bicyclic) bond motifs is 1. The lowest BCUT2D eigenvalue weighted by atomic mass is 10.0. The fourth-order valence-electron chi connectivity index (χ4n) is 2.45. The summed E-state index contributed by atoms with van der Waals surface area (Å²) in [5.74, 6) is 0.0778. The number of benzene rings is 1. The maximum Gasteiger partial charge on any atom is 0.221 e. The van der Waals surface area contributed by atoms with Gasteiger partial charge in [0, 0.05) is 30.6 Å². The molecule has 0 fully saturated rings. The van der Waals surface area contributed by atoms with Crippen LogP contribution in [0.2, 0.25) is 0 Å². The van der Waals surface area contributed by atoms with Gasteiger partial charge in [0.15, 0.2) is 0 Å². The van der Waals surface area contributed by atoms with E-state index in [9.17, 15) is 4.79 Å². The van der Waals surface area contributed by atoms with Crippen molar-refractivity contribution in [3.05, 3.63) is 34.5 Å². The van der Waals surface area contributed by atoms with E-state index >= 15 is 0 Å². The van der Waals surface area contributed by atoms with Crippen LogP contribution < -0.4 is 10.6 Å². The van der Waals surface area contributed by atoms with E-state index in [1.807, 2.05) is 7.05 Å². The molecule has 0 spiro atoms. The van der Waals surface area contributed by atoms with E-state index in [0.717, 1.165) is 11.1 Å². The smallest absolute Gasteiger partial charge is 0.221 e. The lowest BCUT2D eigenvalue weighted by Gasteiger charge is -2.08. The molecule has 0 aliphatic heterocycles. The minimum absolute atomic E-state index is 0.0778. The number of aromatic nitrogens is 1. The highest BCUT2D eigenvalue weighted by molar-refractivity contribution is 5.88. The largest absolute Gasteiger partial charge is 0.358 e. The minimum Gasteiger partial charge on any atom is -0.358 e. The van der Waals surface area contributed by atoms with Crippen LogP contribution in [0.15, 0.2) is 12.1 Å². The molecule has 0 saturated carbocycles. The first-order valence-electron chi connectivity index (χ1n) is 7.02. The molecule has 1 heterocycles. The van der Waals surface area contributed by atoms with E-state index in [4.69, 9.17) is 0 Å². The Morgan fingerprint density at radius 3 is 2.70 bits per heavy atom. The van der Waals surface area contributed by atoms with Crippen molar-refractivity contribution in [2.45, 2.75) is 33.7 Å². The van der Waals surface area contributed by atoms with E-state index in [-0.39, 0.29) is 5.91 Å². The molecule has 1 aromatic heterocycles. The molecule has 0 aliphatic carbocycles. The summed E-state index contributed by atoms with van der Waals surface area (Å²) >= 11 is 0. The maximum absolute atomic E-state index is 11.7. The molecule has 4 heteroatoms. The Morgan fingerprint density at radius 2 is 2.00 bits per heavy atom. The van der Waals surface area contributed by atoms with Crippen molar-refractivity contribution < 1.29 is 4.79 Å². The van der Waals surface area contributed by atoms with Crippen LogP contribution in [-0.4, -0.2) is 24.5 Å². The van der Waals surface area contributed by atoms with Gasteiger partial charge in [0.25, 0.3) is 0 Å². The van der Waals surface area contributed by atoms with Crippen molar-refractivity contribution >= 4 is 16.8 Å². The number of amides is 1. The summed E-state index contributed by atoms with van der Waals surface area (Å²) in [6, 6.07) is 4.33. The number of carbonyl (C=O) groups is 1. The molecule has 108 valence electrons. The van der Waals surface area contributed by atoms with Crippen molar-refractivity contribution in [1.82, 2.24) is 15.6 Å². The number of hydrogen-bond donors (Lipinski definition) is 3. The van der Waals surface area contributed by atoms with Gasteiger partial charge >= 0.3 is 0 Å². The summed E-state index contributed by atoms with van der Waals surface area (Å²) in [5, 5.41) is 7.21. The van der Waals surface area contributed by atoms with Gasteiger partial charge in [-0.2, -0.15) is 0 Å². The lowest BCUT2D eigenvalue weighted by Crippen LogP contribution is -2.26. The van der Waals surface area contributed by atoms with E-state index in [1.54, 1.807) is 0 Å². The Labute approximate surface area is 120 Å². The quantitative estimate of drug-likeness (QED) is 0.783. The van der Waals surface area contributed by atoms with E-state index in [2.05, 4.69) is 48.5 Å². The second-order valence-corrected chi connectivity index (χ2v) is 5.35. The van der Waals surface area contributed by atoms with Crippen LogP contribution in [0.25, 0.3) is 10.9 Å². The first kappa shape index (κ1) is 14.6. The highest BCUT2D eigenvalue weighted by Crippen LogP contribution is 2.25. The van der Waals surface area contributed by atoms with Crippen LogP contribution in [-0.2, 0) is 11.3 Å². The van der Waals surface area contributed by atoms with Crippen molar-refractivity contribution in [2.75, 3.05) is 13.6 Å². The molecule has 1 amide bonds. The molecule has 0 saturated heterocycles. The monoisotopic (exact) mass is 273 g/mol. The SMILES string of the molecule is CNCCC(=O)NCc1cc(C)cc2c(C)c(C)[nH]c12. The third-order valence-electron chi connectivity index (χ3n) is 3.72. The normalized spacial score (nSPS) is 11.0. The maximum atomic E-state index is 11.7. The molecular weight excluding hydrogens is 250 g/mol. The van der Waals surface area contributed by atoms with Crippen molar-refractivity contribution in [3.8, 4) is 0 Å². The standard InChI is InChI=1S/C16H23N3O/c1-10-7-13(9-18-15(20)5-6-17-4)16-14(8-10)11(2)12(3)19-16/h7-8,17,19H,5-6,9H2,1-4H3,(H,18,20). The highest BCUT2D eigenvalue weighted by atomic mass is 16.1. The molecule has 2 rings (SSSR count). The Hall–Kier alpha value is -1.81. The molecule has 4 nitrogen and oxygen atoms in total. The van der Waals surface area contributed by atoms with Gasteiger partial charge in [-0.3, -0.25) is 4.79 Å². The van der Waals surface area contributed by atoms with Gasteiger partial charge in [0.05, 0.1) is 5.52 Å². The van der Waals surface area contributed by atoms with Gasteiger partial charge in [0.1, 0.15) is 0 Å². The summed E-state index contributed by atoms with van der Waals surface area (Å²) in [4.78, 5) is 15.1. The Balaban J connectivity index is 2.21. The Kier molecular flexibility index (Phi) is 4.45. The molecule has 3 N–H and O–H groups in total. The summed E-state index contributed by atoms with van der Waals surface area (Å²) in [6.07, 6.45) is 0.508. The van der Waals surface area contributed by atoms with Crippen LogP contribution in [0.4, 0.5) is 0 Å². The predicted molar refractivity (Wildman–Crippen MR) is 82.9 cm³/mol. The zero-order valence-electron chi connectivity index (χ0n) is 12.7. The predicted octanol–water partition coefficient (Wildman–Crippen LogP) is 2.32. The average molecular weight is 273 g/mol. The number of carbonyl (C=O) groups excluding carboxylic acids is 1. The van der Waals surface area contributed by atoms with Crippen LogP contribution >= 0.6 is 0 Å². The van der Waals surface area contributed by atoms with Crippen LogP contribution in [0.1, 0.15) is 28.8 Å². The van der Waals surface area contributed by atoms with E-state index < -0.39 is 0 Å². The fraction of sp³-hybridized carbons (Fsp3) is 0.438. The summed E-state index contributed by atoms with van der Waals surface area (Å²) in [7, 11) is 1.85. The first-order chi connectivity index (χ1) is 9.52. The molecule has 1 aromatic carbocycles. The average Bonchev–Trinajstić information content (AvgIpc) is 2.70. The van der Waals surface area contributed by atoms with Crippen molar-refractivity contribution in [3.63, 3.8) is 0 Å². The number of hydrogen-bond acceptors (Lipinski definition) is 2. The van der Waals surface area contributed by atoms with Crippen molar-refractivity contribution in [1.29, 1.82) is 0 Å². The van der Waals surface area contributed by atoms with E-state index in [0.29, 0.717) is 19.5 Å². The lowest BCUT2D eigenvalue weighted by molar-refractivity contribution is -0.121. The fourth-order valence-corrected chi connectivity index (χ4v) is 2.45. The Bertz CT molecular complexity index is 628. The minimum atomic E-state index is 0.0778. The van der Waals surface area contributed by atoms with Gasteiger partial charge in [-0.25, -0.2) is 0 Å². The molecule has 20 heavy (non-hydrogen) atoms. The molecule has 0 atom stereocenters. The van der Waals surface area contributed by atoms with Gasteiger partial charge in [-0.15, -0.1) is 0 Å². The summed E-state index contributed by atoms with van der Waals surface area (Å²) in [5.41, 5.74) is 5.98.